The Bertz CT molecular complexity index is 477. The first-order valence-corrected chi connectivity index (χ1v) is 6.64. The van der Waals surface area contributed by atoms with Gasteiger partial charge in [0.25, 0.3) is 0 Å². The molecule has 1 aliphatic rings. The quantitative estimate of drug-likeness (QED) is 0.865. The van der Waals surface area contributed by atoms with Crippen molar-refractivity contribution in [2.45, 2.75) is 17.8 Å². The van der Waals surface area contributed by atoms with Crippen LogP contribution in [-0.4, -0.2) is 33.8 Å². The predicted octanol–water partition coefficient (Wildman–Crippen LogP) is 2.41. The molecule has 0 radical (unpaired) electrons. The van der Waals surface area contributed by atoms with Crippen LogP contribution in [0.15, 0.2) is 28.7 Å². The number of aliphatic carboxylic acids is 1. The normalized spacial score (nSPS) is 21.1. The van der Waals surface area contributed by atoms with Gasteiger partial charge in [-0.15, -0.1) is 11.6 Å². The minimum absolute atomic E-state index is 0.196. The number of amides is 1. The van der Waals surface area contributed by atoms with E-state index in [-0.39, 0.29) is 24.2 Å². The van der Waals surface area contributed by atoms with E-state index in [2.05, 4.69) is 15.9 Å². The Morgan fingerprint density at radius 1 is 1.44 bits per heavy atom. The average Bonchev–Trinajstić information content (AvgIpc) is 2.61. The summed E-state index contributed by atoms with van der Waals surface area (Å²) in [5.41, 5.74) is 0.574. The van der Waals surface area contributed by atoms with Crippen LogP contribution in [0.1, 0.15) is 18.0 Å². The zero-order valence-electron chi connectivity index (χ0n) is 9.35. The molecule has 0 bridgehead atoms. The second kappa shape index (κ2) is 5.28. The molecule has 1 amide bonds. The smallest absolute Gasteiger partial charge is 0.331 e. The molecule has 0 saturated carbocycles. The Balaban J connectivity index is 2.32. The number of benzene rings is 1. The highest BCUT2D eigenvalue weighted by Crippen LogP contribution is 2.29. The van der Waals surface area contributed by atoms with Gasteiger partial charge in [0, 0.05) is 17.4 Å². The van der Waals surface area contributed by atoms with Gasteiger partial charge in [0.15, 0.2) is 6.04 Å². The Kier molecular flexibility index (Phi) is 3.92. The van der Waals surface area contributed by atoms with Gasteiger partial charge in [0.05, 0.1) is 5.38 Å². The third kappa shape index (κ3) is 2.67. The van der Waals surface area contributed by atoms with Gasteiger partial charge in [-0.05, 0) is 17.7 Å². The van der Waals surface area contributed by atoms with Crippen molar-refractivity contribution in [1.29, 1.82) is 0 Å². The van der Waals surface area contributed by atoms with Crippen LogP contribution in [0, 0.1) is 0 Å². The predicted molar refractivity (Wildman–Crippen MR) is 70.5 cm³/mol. The zero-order valence-corrected chi connectivity index (χ0v) is 11.7. The van der Waals surface area contributed by atoms with E-state index in [1.165, 1.54) is 4.90 Å². The molecule has 1 saturated heterocycles. The number of carboxylic acids is 1. The summed E-state index contributed by atoms with van der Waals surface area (Å²) in [6.07, 6.45) is 0.196. The van der Waals surface area contributed by atoms with Gasteiger partial charge in [-0.2, -0.15) is 0 Å². The topological polar surface area (TPSA) is 57.6 Å². The fraction of sp³-hybridized carbons (Fsp3) is 0.333. The van der Waals surface area contributed by atoms with Crippen molar-refractivity contribution in [2.75, 3.05) is 6.54 Å². The standard InChI is InChI=1S/C12H11BrClNO3/c13-8-3-1-7(2-4-8)11(12(17)18)15-6-9(14)5-10(15)16/h1-4,9,11H,5-6H2,(H,17,18). The minimum atomic E-state index is -1.04. The number of hydrogen-bond acceptors (Lipinski definition) is 2. The summed E-state index contributed by atoms with van der Waals surface area (Å²) in [7, 11) is 0. The third-order valence-corrected chi connectivity index (χ3v) is 3.66. The van der Waals surface area contributed by atoms with E-state index in [1.54, 1.807) is 24.3 Å². The first-order chi connectivity index (χ1) is 8.49. The molecular weight excluding hydrogens is 321 g/mol. The van der Waals surface area contributed by atoms with Gasteiger partial charge in [-0.1, -0.05) is 28.1 Å². The zero-order chi connectivity index (χ0) is 13.3. The van der Waals surface area contributed by atoms with E-state index in [9.17, 15) is 14.7 Å². The van der Waals surface area contributed by atoms with Gasteiger partial charge >= 0.3 is 5.97 Å². The molecule has 0 aromatic heterocycles. The lowest BCUT2D eigenvalue weighted by Gasteiger charge is -2.24. The van der Waals surface area contributed by atoms with Crippen molar-refractivity contribution in [1.82, 2.24) is 4.90 Å². The Morgan fingerprint density at radius 2 is 2.06 bits per heavy atom. The van der Waals surface area contributed by atoms with Crippen LogP contribution >= 0.6 is 27.5 Å². The van der Waals surface area contributed by atoms with E-state index in [0.717, 1.165) is 4.47 Å². The second-order valence-corrected chi connectivity index (χ2v) is 5.67. The van der Waals surface area contributed by atoms with Gasteiger partial charge in [0.1, 0.15) is 0 Å². The molecule has 1 heterocycles. The van der Waals surface area contributed by atoms with Crippen molar-refractivity contribution in [3.8, 4) is 0 Å². The monoisotopic (exact) mass is 331 g/mol. The van der Waals surface area contributed by atoms with Gasteiger partial charge in [0.2, 0.25) is 5.91 Å². The summed E-state index contributed by atoms with van der Waals surface area (Å²) in [4.78, 5) is 24.4. The number of carbonyl (C=O) groups is 2. The second-order valence-electron chi connectivity index (χ2n) is 4.14. The van der Waals surface area contributed by atoms with Crippen molar-refractivity contribution < 1.29 is 14.7 Å². The molecule has 0 spiro atoms. The van der Waals surface area contributed by atoms with Crippen molar-refractivity contribution >= 4 is 39.4 Å². The van der Waals surface area contributed by atoms with Crippen molar-refractivity contribution in [3.63, 3.8) is 0 Å². The number of rotatable bonds is 3. The summed E-state index contributed by atoms with van der Waals surface area (Å²) in [6.45, 7) is 0.271. The van der Waals surface area contributed by atoms with E-state index in [4.69, 9.17) is 11.6 Å². The Morgan fingerprint density at radius 3 is 2.50 bits per heavy atom. The number of alkyl halides is 1. The lowest BCUT2D eigenvalue weighted by Crippen LogP contribution is -2.35. The first kappa shape index (κ1) is 13.4. The number of nitrogens with zero attached hydrogens (tertiary/aromatic N) is 1. The summed E-state index contributed by atoms with van der Waals surface area (Å²) >= 11 is 9.19. The molecule has 96 valence electrons. The highest BCUT2D eigenvalue weighted by atomic mass is 79.9. The molecule has 1 aromatic carbocycles. The highest BCUT2D eigenvalue weighted by molar-refractivity contribution is 9.10. The van der Waals surface area contributed by atoms with Crippen LogP contribution in [-0.2, 0) is 9.59 Å². The van der Waals surface area contributed by atoms with Gasteiger partial charge in [-0.3, -0.25) is 4.79 Å². The fourth-order valence-corrected chi connectivity index (χ4v) is 2.58. The van der Waals surface area contributed by atoms with Crippen molar-refractivity contribution in [2.24, 2.45) is 0 Å². The largest absolute Gasteiger partial charge is 0.479 e. The Hall–Kier alpha value is -1.07. The molecule has 6 heteroatoms. The number of halogens is 2. The van der Waals surface area contributed by atoms with Crippen LogP contribution in [0.5, 0.6) is 0 Å². The number of carboxylic acid groups (broad SMARTS) is 1. The summed E-state index contributed by atoms with van der Waals surface area (Å²) in [5.74, 6) is -1.26. The highest BCUT2D eigenvalue weighted by Gasteiger charge is 2.37. The van der Waals surface area contributed by atoms with Crippen LogP contribution in [0.4, 0.5) is 0 Å². The van der Waals surface area contributed by atoms with Crippen LogP contribution in [0.25, 0.3) is 0 Å². The molecule has 0 aliphatic carbocycles. The van der Waals surface area contributed by atoms with Crippen LogP contribution in [0.3, 0.4) is 0 Å². The molecular formula is C12H11BrClNO3. The summed E-state index contributed by atoms with van der Waals surface area (Å²) < 4.78 is 0.860. The number of carbonyl (C=O) groups excluding carboxylic acids is 1. The third-order valence-electron chi connectivity index (χ3n) is 2.84. The van der Waals surface area contributed by atoms with E-state index in [0.29, 0.717) is 5.56 Å². The molecule has 2 atom stereocenters. The number of hydrogen-bond donors (Lipinski definition) is 1. The van der Waals surface area contributed by atoms with Gasteiger partial charge in [-0.25, -0.2) is 4.79 Å². The van der Waals surface area contributed by atoms with Crippen LogP contribution in [0.2, 0.25) is 0 Å². The van der Waals surface area contributed by atoms with E-state index >= 15 is 0 Å². The summed E-state index contributed by atoms with van der Waals surface area (Å²) in [5, 5.41) is 9.00. The number of likely N-dealkylation sites (tertiary alicyclic amines) is 1. The Labute approximate surface area is 118 Å². The maximum atomic E-state index is 11.7. The average molecular weight is 333 g/mol. The molecule has 4 nitrogen and oxygen atoms in total. The first-order valence-electron chi connectivity index (χ1n) is 5.41. The van der Waals surface area contributed by atoms with Crippen molar-refractivity contribution in [3.05, 3.63) is 34.3 Å². The van der Waals surface area contributed by atoms with Crippen LogP contribution < -0.4 is 0 Å². The lowest BCUT2D eigenvalue weighted by atomic mass is 10.1. The molecule has 1 N–H and O–H groups in total. The van der Waals surface area contributed by atoms with E-state index < -0.39 is 12.0 Å². The molecule has 18 heavy (non-hydrogen) atoms. The maximum Gasteiger partial charge on any atom is 0.331 e. The maximum absolute atomic E-state index is 11.7. The molecule has 2 rings (SSSR count). The SMILES string of the molecule is O=C(O)C(c1ccc(Br)cc1)N1CC(Cl)CC1=O. The molecule has 1 aromatic rings. The van der Waals surface area contributed by atoms with E-state index in [1.807, 2.05) is 0 Å². The molecule has 1 aliphatic heterocycles. The van der Waals surface area contributed by atoms with Gasteiger partial charge < -0.3 is 10.0 Å². The molecule has 1 fully saturated rings. The lowest BCUT2D eigenvalue weighted by molar-refractivity contribution is -0.148. The fourth-order valence-electron chi connectivity index (χ4n) is 2.04. The summed E-state index contributed by atoms with van der Waals surface area (Å²) in [6, 6.07) is 5.93. The minimum Gasteiger partial charge on any atom is -0.479 e. The molecule has 2 unspecified atom stereocenters.